The Labute approximate surface area is 107 Å². The maximum atomic E-state index is 11.4. The van der Waals surface area contributed by atoms with E-state index in [0.717, 1.165) is 5.69 Å². The fourth-order valence-corrected chi connectivity index (χ4v) is 1.35. The molecule has 6 nitrogen and oxygen atoms in total. The summed E-state index contributed by atoms with van der Waals surface area (Å²) < 4.78 is 1.57. The standard InChI is InChI=1S/C12H22N4O2/c1-9(2)10(3)15-11-6-14-16(7-11)8-12(18)13-4-5-17/h6-7,9-10,15,17H,4-5,8H2,1-3H3,(H,13,18). The number of nitrogens with one attached hydrogen (secondary N) is 2. The molecule has 0 radical (unpaired) electrons. The second-order valence-electron chi connectivity index (χ2n) is 4.68. The molecule has 0 aliphatic rings. The highest BCUT2D eigenvalue weighted by molar-refractivity contribution is 5.75. The molecule has 6 heteroatoms. The van der Waals surface area contributed by atoms with Crippen molar-refractivity contribution in [3.8, 4) is 0 Å². The van der Waals surface area contributed by atoms with E-state index in [1.54, 1.807) is 17.1 Å². The van der Waals surface area contributed by atoms with Gasteiger partial charge in [-0.15, -0.1) is 0 Å². The molecular weight excluding hydrogens is 232 g/mol. The second-order valence-corrected chi connectivity index (χ2v) is 4.68. The van der Waals surface area contributed by atoms with Crippen LogP contribution in [0.1, 0.15) is 20.8 Å². The van der Waals surface area contributed by atoms with Gasteiger partial charge in [-0.3, -0.25) is 9.48 Å². The van der Waals surface area contributed by atoms with E-state index in [1.165, 1.54) is 0 Å². The summed E-state index contributed by atoms with van der Waals surface area (Å²) >= 11 is 0. The van der Waals surface area contributed by atoms with Gasteiger partial charge in [0.05, 0.1) is 18.5 Å². The van der Waals surface area contributed by atoms with Crippen molar-refractivity contribution in [1.82, 2.24) is 15.1 Å². The summed E-state index contributed by atoms with van der Waals surface area (Å²) in [6.07, 6.45) is 3.51. The van der Waals surface area contributed by atoms with Crippen LogP contribution in [0, 0.1) is 5.92 Å². The van der Waals surface area contributed by atoms with Crippen LogP contribution in [-0.4, -0.2) is 40.0 Å². The minimum absolute atomic E-state index is 0.0520. The molecule has 0 bridgehead atoms. The van der Waals surface area contributed by atoms with Crippen LogP contribution in [0.3, 0.4) is 0 Å². The van der Waals surface area contributed by atoms with E-state index in [1.807, 2.05) is 0 Å². The number of hydrogen-bond donors (Lipinski definition) is 3. The zero-order valence-electron chi connectivity index (χ0n) is 11.2. The third kappa shape index (κ3) is 4.75. The van der Waals surface area contributed by atoms with Crippen LogP contribution in [0.15, 0.2) is 12.4 Å². The van der Waals surface area contributed by atoms with E-state index < -0.39 is 0 Å². The molecule has 102 valence electrons. The van der Waals surface area contributed by atoms with Crippen LogP contribution < -0.4 is 10.6 Å². The molecule has 1 unspecified atom stereocenters. The number of hydrogen-bond acceptors (Lipinski definition) is 4. The van der Waals surface area contributed by atoms with E-state index in [4.69, 9.17) is 5.11 Å². The van der Waals surface area contributed by atoms with Crippen LogP contribution >= 0.6 is 0 Å². The van der Waals surface area contributed by atoms with Gasteiger partial charge in [0.2, 0.25) is 5.91 Å². The molecule has 1 aromatic rings. The Kier molecular flexibility index (Phi) is 5.64. The van der Waals surface area contributed by atoms with Crippen molar-refractivity contribution in [2.24, 2.45) is 5.92 Å². The lowest BCUT2D eigenvalue weighted by atomic mass is 10.1. The van der Waals surface area contributed by atoms with Crippen molar-refractivity contribution < 1.29 is 9.90 Å². The van der Waals surface area contributed by atoms with Gasteiger partial charge < -0.3 is 15.7 Å². The van der Waals surface area contributed by atoms with Gasteiger partial charge in [0.25, 0.3) is 0 Å². The van der Waals surface area contributed by atoms with Crippen LogP contribution in [0.4, 0.5) is 5.69 Å². The molecule has 1 amide bonds. The number of aliphatic hydroxyl groups excluding tert-OH is 1. The van der Waals surface area contributed by atoms with E-state index in [2.05, 4.69) is 36.5 Å². The summed E-state index contributed by atoms with van der Waals surface area (Å²) in [6, 6.07) is 0.353. The highest BCUT2D eigenvalue weighted by Crippen LogP contribution is 2.11. The van der Waals surface area contributed by atoms with E-state index in [9.17, 15) is 4.79 Å². The maximum Gasteiger partial charge on any atom is 0.241 e. The first-order chi connectivity index (χ1) is 8.52. The number of rotatable bonds is 7. The SMILES string of the molecule is CC(C)C(C)Nc1cnn(CC(=O)NCCO)c1. The van der Waals surface area contributed by atoms with Crippen molar-refractivity contribution in [3.63, 3.8) is 0 Å². The molecule has 0 aliphatic carbocycles. The normalized spacial score (nSPS) is 12.5. The third-order valence-corrected chi connectivity index (χ3v) is 2.77. The summed E-state index contributed by atoms with van der Waals surface area (Å²) in [4.78, 5) is 11.4. The molecule has 0 saturated heterocycles. The van der Waals surface area contributed by atoms with Crippen LogP contribution in [0.5, 0.6) is 0 Å². The Morgan fingerprint density at radius 2 is 2.22 bits per heavy atom. The van der Waals surface area contributed by atoms with Crippen molar-refractivity contribution >= 4 is 11.6 Å². The zero-order valence-corrected chi connectivity index (χ0v) is 11.2. The maximum absolute atomic E-state index is 11.4. The van der Waals surface area contributed by atoms with Crippen molar-refractivity contribution in [2.75, 3.05) is 18.5 Å². The number of aliphatic hydroxyl groups is 1. The topological polar surface area (TPSA) is 79.2 Å². The first kappa shape index (κ1) is 14.5. The molecule has 0 spiro atoms. The summed E-state index contributed by atoms with van der Waals surface area (Å²) in [5.41, 5.74) is 0.908. The average Bonchev–Trinajstić information content (AvgIpc) is 2.73. The van der Waals surface area contributed by atoms with Crippen molar-refractivity contribution in [3.05, 3.63) is 12.4 Å². The van der Waals surface area contributed by atoms with Crippen LogP contribution in [-0.2, 0) is 11.3 Å². The van der Waals surface area contributed by atoms with Crippen LogP contribution in [0.2, 0.25) is 0 Å². The lowest BCUT2D eigenvalue weighted by molar-refractivity contribution is -0.122. The summed E-state index contributed by atoms with van der Waals surface area (Å²) in [6.45, 7) is 6.78. The highest BCUT2D eigenvalue weighted by Gasteiger charge is 2.09. The lowest BCUT2D eigenvalue weighted by Crippen LogP contribution is -2.30. The van der Waals surface area contributed by atoms with Crippen molar-refractivity contribution in [2.45, 2.75) is 33.4 Å². The van der Waals surface area contributed by atoms with Gasteiger partial charge in [0, 0.05) is 18.8 Å². The molecule has 3 N–H and O–H groups in total. The molecule has 18 heavy (non-hydrogen) atoms. The van der Waals surface area contributed by atoms with Crippen molar-refractivity contribution in [1.29, 1.82) is 0 Å². The minimum atomic E-state index is -0.157. The third-order valence-electron chi connectivity index (χ3n) is 2.77. The predicted octanol–water partition coefficient (Wildman–Crippen LogP) is 0.448. The number of anilines is 1. The summed E-state index contributed by atoms with van der Waals surface area (Å²) in [7, 11) is 0. The van der Waals surface area contributed by atoms with Gasteiger partial charge >= 0.3 is 0 Å². The van der Waals surface area contributed by atoms with Gasteiger partial charge in [-0.05, 0) is 12.8 Å². The second kappa shape index (κ2) is 7.00. The highest BCUT2D eigenvalue weighted by atomic mass is 16.3. The van der Waals surface area contributed by atoms with Gasteiger partial charge in [-0.1, -0.05) is 13.8 Å². The molecule has 1 aromatic heterocycles. The zero-order chi connectivity index (χ0) is 13.5. The fraction of sp³-hybridized carbons (Fsp3) is 0.667. The molecule has 0 aromatic carbocycles. The Morgan fingerprint density at radius 3 is 2.83 bits per heavy atom. The fourth-order valence-electron chi connectivity index (χ4n) is 1.35. The van der Waals surface area contributed by atoms with Gasteiger partial charge in [-0.2, -0.15) is 5.10 Å². The largest absolute Gasteiger partial charge is 0.395 e. The van der Waals surface area contributed by atoms with E-state index >= 15 is 0 Å². The van der Waals surface area contributed by atoms with Crippen LogP contribution in [0.25, 0.3) is 0 Å². The number of aromatic nitrogens is 2. The van der Waals surface area contributed by atoms with Gasteiger partial charge in [-0.25, -0.2) is 0 Å². The minimum Gasteiger partial charge on any atom is -0.395 e. The Hall–Kier alpha value is -1.56. The average molecular weight is 254 g/mol. The monoisotopic (exact) mass is 254 g/mol. The molecule has 0 saturated carbocycles. The Bertz CT molecular complexity index is 376. The van der Waals surface area contributed by atoms with E-state index in [-0.39, 0.29) is 25.6 Å². The molecule has 1 rings (SSSR count). The first-order valence-electron chi connectivity index (χ1n) is 6.19. The first-order valence-corrected chi connectivity index (χ1v) is 6.19. The van der Waals surface area contributed by atoms with Gasteiger partial charge in [0.15, 0.2) is 0 Å². The summed E-state index contributed by atoms with van der Waals surface area (Å²) in [5.74, 6) is 0.372. The molecule has 0 fully saturated rings. The van der Waals surface area contributed by atoms with E-state index in [0.29, 0.717) is 12.0 Å². The Balaban J connectivity index is 2.45. The number of carbonyl (C=O) groups excluding carboxylic acids is 1. The Morgan fingerprint density at radius 1 is 1.50 bits per heavy atom. The van der Waals surface area contributed by atoms with Gasteiger partial charge in [0.1, 0.15) is 6.54 Å². The summed E-state index contributed by atoms with van der Waals surface area (Å²) in [5, 5.41) is 18.6. The molecule has 1 heterocycles. The number of amides is 1. The molecule has 1 atom stereocenters. The molecule has 0 aliphatic heterocycles. The number of nitrogens with zero attached hydrogens (tertiary/aromatic N) is 2. The predicted molar refractivity (Wildman–Crippen MR) is 70.2 cm³/mol. The molecular formula is C12H22N4O2. The lowest BCUT2D eigenvalue weighted by Gasteiger charge is -2.16. The quantitative estimate of drug-likeness (QED) is 0.660. The number of carbonyl (C=O) groups is 1. The smallest absolute Gasteiger partial charge is 0.241 e.